The summed E-state index contributed by atoms with van der Waals surface area (Å²) >= 11 is 0. The third-order valence-electron chi connectivity index (χ3n) is 6.06. The van der Waals surface area contributed by atoms with Gasteiger partial charge in [0.25, 0.3) is 5.91 Å². The van der Waals surface area contributed by atoms with Crippen LogP contribution in [0.15, 0.2) is 33.4 Å². The predicted octanol–water partition coefficient (Wildman–Crippen LogP) is 3.80. The van der Waals surface area contributed by atoms with Gasteiger partial charge in [0.1, 0.15) is 11.5 Å². The van der Waals surface area contributed by atoms with Gasteiger partial charge >= 0.3 is 0 Å². The summed E-state index contributed by atoms with van der Waals surface area (Å²) in [6.07, 6.45) is 6.68. The van der Waals surface area contributed by atoms with Crippen molar-refractivity contribution < 1.29 is 13.7 Å². The maximum Gasteiger partial charge on any atom is 0.274 e. The molecule has 1 saturated heterocycles. The summed E-state index contributed by atoms with van der Waals surface area (Å²) in [7, 11) is 0. The van der Waals surface area contributed by atoms with Gasteiger partial charge in [0.05, 0.1) is 12.0 Å². The van der Waals surface area contributed by atoms with Crippen LogP contribution in [-0.4, -0.2) is 39.3 Å². The van der Waals surface area contributed by atoms with Crippen LogP contribution in [-0.2, 0) is 12.8 Å². The normalized spacial score (nSPS) is 20.3. The molecule has 0 spiro atoms. The van der Waals surface area contributed by atoms with E-state index in [2.05, 4.69) is 22.3 Å². The zero-order chi connectivity index (χ0) is 19.1. The molecule has 4 heterocycles. The summed E-state index contributed by atoms with van der Waals surface area (Å²) in [5.74, 6) is 2.74. The second-order valence-electron chi connectivity index (χ2n) is 8.03. The summed E-state index contributed by atoms with van der Waals surface area (Å²) < 4.78 is 11.1. The molecule has 1 unspecified atom stereocenters. The van der Waals surface area contributed by atoms with Gasteiger partial charge in [0, 0.05) is 30.6 Å². The minimum atomic E-state index is -0.0410. The summed E-state index contributed by atoms with van der Waals surface area (Å²) in [5, 5.41) is 11.4. The van der Waals surface area contributed by atoms with Crippen LogP contribution in [0, 0.1) is 5.92 Å². The quantitative estimate of drug-likeness (QED) is 0.747. The van der Waals surface area contributed by atoms with Gasteiger partial charge in [-0.2, -0.15) is 5.10 Å². The highest BCUT2D eigenvalue weighted by molar-refractivity contribution is 5.93. The molecule has 1 aliphatic carbocycles. The highest BCUT2D eigenvalue weighted by atomic mass is 16.5. The number of nitrogens with one attached hydrogen (secondary N) is 1. The SMILES string of the molecule is CC1CCc2noc(C3CCN(C(=O)c4cc(-c5ccco5)[nH]n4)CC3)c2C1. The average molecular weight is 380 g/mol. The van der Waals surface area contributed by atoms with Crippen LogP contribution in [0.2, 0.25) is 0 Å². The highest BCUT2D eigenvalue weighted by Gasteiger charge is 2.32. The van der Waals surface area contributed by atoms with Crippen LogP contribution in [0.4, 0.5) is 0 Å². The fraction of sp³-hybridized carbons (Fsp3) is 0.476. The van der Waals surface area contributed by atoms with E-state index in [1.54, 1.807) is 12.3 Å². The van der Waals surface area contributed by atoms with Crippen molar-refractivity contribution in [3.05, 3.63) is 47.2 Å². The number of H-pyrrole nitrogens is 1. The van der Waals surface area contributed by atoms with E-state index in [4.69, 9.17) is 8.94 Å². The molecule has 3 aromatic heterocycles. The number of amides is 1. The number of carbonyl (C=O) groups is 1. The molecule has 1 atom stereocenters. The molecule has 0 saturated carbocycles. The molecule has 3 aromatic rings. The number of fused-ring (bicyclic) bond motifs is 1. The summed E-state index contributed by atoms with van der Waals surface area (Å²) in [6.45, 7) is 3.71. The van der Waals surface area contributed by atoms with Crippen LogP contribution in [0.3, 0.4) is 0 Å². The molecule has 1 fully saturated rings. The topological polar surface area (TPSA) is 88.2 Å². The number of nitrogens with zero attached hydrogens (tertiary/aromatic N) is 3. The lowest BCUT2D eigenvalue weighted by atomic mass is 9.83. The van der Waals surface area contributed by atoms with Gasteiger partial charge in [-0.3, -0.25) is 9.89 Å². The van der Waals surface area contributed by atoms with E-state index in [0.717, 1.165) is 37.1 Å². The van der Waals surface area contributed by atoms with Gasteiger partial charge in [0.2, 0.25) is 0 Å². The Kier molecular flexibility index (Phi) is 4.30. The number of furan rings is 1. The zero-order valence-electron chi connectivity index (χ0n) is 16.0. The van der Waals surface area contributed by atoms with Crippen molar-refractivity contribution in [1.29, 1.82) is 0 Å². The molecule has 0 aromatic carbocycles. The summed E-state index contributed by atoms with van der Waals surface area (Å²) in [4.78, 5) is 14.7. The first-order chi connectivity index (χ1) is 13.7. The monoisotopic (exact) mass is 380 g/mol. The number of piperidine rings is 1. The second kappa shape index (κ2) is 6.96. The van der Waals surface area contributed by atoms with E-state index in [1.807, 2.05) is 17.0 Å². The third kappa shape index (κ3) is 3.04. The van der Waals surface area contributed by atoms with E-state index in [-0.39, 0.29) is 5.91 Å². The Morgan fingerprint density at radius 1 is 1.29 bits per heavy atom. The lowest BCUT2D eigenvalue weighted by molar-refractivity contribution is 0.0700. The number of likely N-dealkylation sites (tertiary alicyclic amines) is 1. The Labute approximate surface area is 163 Å². The number of hydrogen-bond donors (Lipinski definition) is 1. The van der Waals surface area contributed by atoms with Crippen molar-refractivity contribution in [2.45, 2.75) is 44.9 Å². The molecule has 1 aliphatic heterocycles. The van der Waals surface area contributed by atoms with Crippen molar-refractivity contribution >= 4 is 5.91 Å². The van der Waals surface area contributed by atoms with Crippen molar-refractivity contribution in [2.75, 3.05) is 13.1 Å². The first kappa shape index (κ1) is 17.3. The van der Waals surface area contributed by atoms with Crippen LogP contribution < -0.4 is 0 Å². The van der Waals surface area contributed by atoms with E-state index in [0.29, 0.717) is 42.1 Å². The zero-order valence-corrected chi connectivity index (χ0v) is 16.0. The standard InChI is InChI=1S/C21H24N4O3/c1-13-4-5-16-15(11-13)20(28-24-16)14-6-8-25(9-7-14)21(26)18-12-17(22-23-18)19-3-2-10-27-19/h2-3,10,12-14H,4-9,11H2,1H3,(H,22,23). The minimum Gasteiger partial charge on any atom is -0.463 e. The molecule has 0 radical (unpaired) electrons. The molecule has 2 aliphatic rings. The molecule has 1 N–H and O–H groups in total. The van der Waals surface area contributed by atoms with Crippen LogP contribution in [0.1, 0.15) is 59.6 Å². The van der Waals surface area contributed by atoms with Gasteiger partial charge in [-0.25, -0.2) is 0 Å². The largest absolute Gasteiger partial charge is 0.463 e. The molecular weight excluding hydrogens is 356 g/mol. The number of aromatic nitrogens is 3. The van der Waals surface area contributed by atoms with Crippen LogP contribution in [0.25, 0.3) is 11.5 Å². The Morgan fingerprint density at radius 3 is 2.93 bits per heavy atom. The number of aryl methyl sites for hydroxylation is 1. The van der Waals surface area contributed by atoms with E-state index in [9.17, 15) is 4.79 Å². The fourth-order valence-corrected chi connectivity index (χ4v) is 4.42. The number of rotatable bonds is 3. The van der Waals surface area contributed by atoms with Crippen molar-refractivity contribution in [3.63, 3.8) is 0 Å². The smallest absolute Gasteiger partial charge is 0.274 e. The molecule has 7 heteroatoms. The van der Waals surface area contributed by atoms with Crippen LogP contribution in [0.5, 0.6) is 0 Å². The van der Waals surface area contributed by atoms with Gasteiger partial charge in [-0.05, 0) is 50.2 Å². The molecule has 28 heavy (non-hydrogen) atoms. The van der Waals surface area contributed by atoms with E-state index >= 15 is 0 Å². The lowest BCUT2D eigenvalue weighted by Crippen LogP contribution is -2.38. The average Bonchev–Trinajstić information content (AvgIpc) is 3.46. The third-order valence-corrected chi connectivity index (χ3v) is 6.06. The summed E-state index contributed by atoms with van der Waals surface area (Å²) in [6, 6.07) is 5.40. The van der Waals surface area contributed by atoms with Crippen molar-refractivity contribution in [2.24, 2.45) is 5.92 Å². The first-order valence-electron chi connectivity index (χ1n) is 10.0. The number of aromatic amines is 1. The fourth-order valence-electron chi connectivity index (χ4n) is 4.42. The Hall–Kier alpha value is -2.83. The lowest BCUT2D eigenvalue weighted by Gasteiger charge is -2.31. The Balaban J connectivity index is 1.25. The van der Waals surface area contributed by atoms with E-state index < -0.39 is 0 Å². The molecule has 1 amide bonds. The highest BCUT2D eigenvalue weighted by Crippen LogP contribution is 2.36. The molecule has 146 valence electrons. The van der Waals surface area contributed by atoms with Crippen molar-refractivity contribution in [3.8, 4) is 11.5 Å². The van der Waals surface area contributed by atoms with Crippen LogP contribution >= 0.6 is 0 Å². The molecule has 0 bridgehead atoms. The maximum absolute atomic E-state index is 12.8. The number of carbonyl (C=O) groups excluding carboxylic acids is 1. The predicted molar refractivity (Wildman–Crippen MR) is 102 cm³/mol. The second-order valence-corrected chi connectivity index (χ2v) is 8.03. The van der Waals surface area contributed by atoms with Gasteiger partial charge < -0.3 is 13.8 Å². The van der Waals surface area contributed by atoms with Gasteiger partial charge in [0.15, 0.2) is 11.5 Å². The summed E-state index contributed by atoms with van der Waals surface area (Å²) in [5.41, 5.74) is 3.62. The minimum absolute atomic E-state index is 0.0410. The number of hydrogen-bond acceptors (Lipinski definition) is 5. The molecule has 7 nitrogen and oxygen atoms in total. The Morgan fingerprint density at radius 2 is 2.14 bits per heavy atom. The van der Waals surface area contributed by atoms with Gasteiger partial charge in [-0.1, -0.05) is 12.1 Å². The van der Waals surface area contributed by atoms with E-state index in [1.165, 1.54) is 12.0 Å². The first-order valence-corrected chi connectivity index (χ1v) is 10.0. The van der Waals surface area contributed by atoms with Crippen molar-refractivity contribution in [1.82, 2.24) is 20.3 Å². The Bertz CT molecular complexity index is 964. The van der Waals surface area contributed by atoms with Gasteiger partial charge in [-0.15, -0.1) is 0 Å². The maximum atomic E-state index is 12.8. The molecular formula is C21H24N4O3. The molecule has 5 rings (SSSR count).